The van der Waals surface area contributed by atoms with E-state index in [1.165, 1.54) is 42.5 Å². The van der Waals surface area contributed by atoms with Crippen LogP contribution in [0.5, 0.6) is 0 Å². The van der Waals surface area contributed by atoms with Crippen molar-refractivity contribution in [2.75, 3.05) is 30.3 Å². The van der Waals surface area contributed by atoms with Crippen molar-refractivity contribution in [3.63, 3.8) is 0 Å². The highest BCUT2D eigenvalue weighted by Gasteiger charge is 2.26. The summed E-state index contributed by atoms with van der Waals surface area (Å²) in [6.07, 6.45) is 1.02. The summed E-state index contributed by atoms with van der Waals surface area (Å²) in [6.45, 7) is 0.920. The summed E-state index contributed by atoms with van der Waals surface area (Å²) < 4.78 is 36.2. The first-order chi connectivity index (χ1) is 15.6. The van der Waals surface area contributed by atoms with Gasteiger partial charge in [-0.2, -0.15) is 0 Å². The normalized spacial score (nSPS) is 15.0. The van der Waals surface area contributed by atoms with Crippen LogP contribution in [0.15, 0.2) is 53.4 Å². The fourth-order valence-corrected chi connectivity index (χ4v) is 3.93. The number of carbonyl (C=O) groups excluding carboxylic acids is 3. The predicted octanol–water partition coefficient (Wildman–Crippen LogP) is 1.47. The van der Waals surface area contributed by atoms with E-state index < -0.39 is 27.8 Å². The van der Waals surface area contributed by atoms with Gasteiger partial charge in [-0.3, -0.25) is 19.8 Å². The van der Waals surface area contributed by atoms with Crippen LogP contribution in [-0.2, 0) is 19.6 Å². The second-order valence-corrected chi connectivity index (χ2v) is 9.15. The molecule has 1 aliphatic heterocycles. The van der Waals surface area contributed by atoms with Gasteiger partial charge in [0.25, 0.3) is 0 Å². The summed E-state index contributed by atoms with van der Waals surface area (Å²) in [5, 5.41) is 12.2. The van der Waals surface area contributed by atoms with Gasteiger partial charge < -0.3 is 10.6 Å². The van der Waals surface area contributed by atoms with Crippen molar-refractivity contribution in [2.24, 2.45) is 11.1 Å². The van der Waals surface area contributed by atoms with Crippen LogP contribution in [0.3, 0.4) is 0 Å². The molecule has 0 unspecified atom stereocenters. The predicted molar refractivity (Wildman–Crippen MR) is 119 cm³/mol. The number of piperidine rings is 1. The number of benzene rings is 2. The molecule has 0 spiro atoms. The highest BCUT2D eigenvalue weighted by Crippen LogP contribution is 2.20. The summed E-state index contributed by atoms with van der Waals surface area (Å²) in [4.78, 5) is 38.3. The van der Waals surface area contributed by atoms with Gasteiger partial charge in [0.2, 0.25) is 21.8 Å². The van der Waals surface area contributed by atoms with Gasteiger partial charge in [-0.1, -0.05) is 12.1 Å². The third-order valence-corrected chi connectivity index (χ3v) is 6.08. The second kappa shape index (κ2) is 10.5. The molecule has 12 heteroatoms. The van der Waals surface area contributed by atoms with E-state index in [9.17, 15) is 27.2 Å². The number of primary sulfonamides is 1. The average molecular weight is 478 g/mol. The minimum atomic E-state index is -3.80. The van der Waals surface area contributed by atoms with Crippen molar-refractivity contribution in [3.05, 3.63) is 54.3 Å². The molecule has 1 saturated heterocycles. The lowest BCUT2D eigenvalue weighted by Gasteiger charge is -2.30. The number of hydrogen-bond donors (Lipinski definition) is 4. The molecule has 4 amide bonds. The van der Waals surface area contributed by atoms with E-state index in [-0.39, 0.29) is 29.0 Å². The number of urea groups is 1. The Bertz CT molecular complexity index is 1130. The Morgan fingerprint density at radius 2 is 1.64 bits per heavy atom. The van der Waals surface area contributed by atoms with Gasteiger partial charge in [0.15, 0.2) is 0 Å². The molecule has 2 aromatic carbocycles. The van der Waals surface area contributed by atoms with Gasteiger partial charge >= 0.3 is 6.03 Å². The van der Waals surface area contributed by atoms with E-state index >= 15 is 0 Å². The molecule has 176 valence electrons. The molecule has 1 aliphatic rings. The van der Waals surface area contributed by atoms with Gasteiger partial charge in [0, 0.05) is 11.6 Å². The maximum atomic E-state index is 13.6. The van der Waals surface area contributed by atoms with Crippen molar-refractivity contribution in [2.45, 2.75) is 17.7 Å². The van der Waals surface area contributed by atoms with Crippen LogP contribution in [0.1, 0.15) is 12.8 Å². The maximum absolute atomic E-state index is 13.6. The van der Waals surface area contributed by atoms with Crippen LogP contribution in [-0.4, -0.2) is 50.8 Å². The number of halogens is 1. The molecule has 0 atom stereocenters. The van der Waals surface area contributed by atoms with Crippen molar-refractivity contribution in [1.29, 1.82) is 0 Å². The summed E-state index contributed by atoms with van der Waals surface area (Å²) in [5.41, 5.74) is 0.420. The molecule has 5 N–H and O–H groups in total. The first kappa shape index (κ1) is 24.3. The highest BCUT2D eigenvalue weighted by atomic mass is 32.2. The first-order valence-corrected chi connectivity index (χ1v) is 11.7. The fraction of sp³-hybridized carbons (Fsp3) is 0.286. The zero-order valence-electron chi connectivity index (χ0n) is 17.6. The number of rotatable bonds is 6. The van der Waals surface area contributed by atoms with Gasteiger partial charge in [-0.15, -0.1) is 0 Å². The van der Waals surface area contributed by atoms with E-state index in [1.807, 2.05) is 4.90 Å². The number of nitrogens with two attached hydrogens (primary N) is 1. The number of carbonyl (C=O) groups is 3. The number of anilines is 2. The van der Waals surface area contributed by atoms with Crippen molar-refractivity contribution in [1.82, 2.24) is 10.2 Å². The SMILES string of the molecule is NS(=O)(=O)c1ccc(NC(=O)C2CCN(CC(=O)NC(=O)Nc3ccccc3F)CC2)cc1. The zero-order valence-corrected chi connectivity index (χ0v) is 18.4. The van der Waals surface area contributed by atoms with Crippen LogP contribution in [0, 0.1) is 11.7 Å². The lowest BCUT2D eigenvalue weighted by Crippen LogP contribution is -2.45. The number of nitrogens with one attached hydrogen (secondary N) is 3. The largest absolute Gasteiger partial charge is 0.326 e. The van der Waals surface area contributed by atoms with Crippen molar-refractivity contribution >= 4 is 39.2 Å². The first-order valence-electron chi connectivity index (χ1n) is 10.1. The van der Waals surface area contributed by atoms with Crippen LogP contribution in [0.2, 0.25) is 0 Å². The summed E-state index contributed by atoms with van der Waals surface area (Å²) >= 11 is 0. The lowest BCUT2D eigenvalue weighted by molar-refractivity contribution is -0.122. The standard InChI is InChI=1S/C21H24FN5O5S/c22-17-3-1-2-4-18(17)25-21(30)26-19(28)13-27-11-9-14(10-12-27)20(29)24-15-5-7-16(8-6-15)33(23,31)32/h1-8,14H,9-13H2,(H,24,29)(H2,23,31,32)(H2,25,26,28,30). The van der Waals surface area contributed by atoms with Gasteiger partial charge in [0.1, 0.15) is 5.82 Å². The number of nitrogens with zero attached hydrogens (tertiary/aromatic N) is 1. The molecule has 1 fully saturated rings. The van der Waals surface area contributed by atoms with Crippen molar-refractivity contribution < 1.29 is 27.2 Å². The molecule has 0 bridgehead atoms. The highest BCUT2D eigenvalue weighted by molar-refractivity contribution is 7.89. The fourth-order valence-electron chi connectivity index (χ4n) is 3.41. The number of sulfonamides is 1. The smallest absolute Gasteiger partial charge is 0.326 e. The maximum Gasteiger partial charge on any atom is 0.326 e. The van der Waals surface area contributed by atoms with E-state index in [4.69, 9.17) is 5.14 Å². The number of para-hydroxylation sites is 1. The third-order valence-electron chi connectivity index (χ3n) is 5.15. The van der Waals surface area contributed by atoms with Crippen LogP contribution >= 0.6 is 0 Å². The minimum absolute atomic E-state index is 0.0334. The zero-order chi connectivity index (χ0) is 24.0. The second-order valence-electron chi connectivity index (χ2n) is 7.59. The Morgan fingerprint density at radius 3 is 2.24 bits per heavy atom. The monoisotopic (exact) mass is 477 g/mol. The number of hydrogen-bond acceptors (Lipinski definition) is 6. The van der Waals surface area contributed by atoms with E-state index in [1.54, 1.807) is 6.07 Å². The summed E-state index contributed by atoms with van der Waals surface area (Å²) in [7, 11) is -3.80. The van der Waals surface area contributed by atoms with E-state index in [0.717, 1.165) is 0 Å². The molecule has 1 heterocycles. The number of imide groups is 1. The molecule has 0 saturated carbocycles. The van der Waals surface area contributed by atoms with Gasteiger partial charge in [-0.05, 0) is 62.3 Å². The molecular weight excluding hydrogens is 453 g/mol. The Balaban J connectivity index is 1.41. The molecular formula is C21H24FN5O5S. The molecule has 0 aliphatic carbocycles. The van der Waals surface area contributed by atoms with Crippen LogP contribution < -0.4 is 21.1 Å². The van der Waals surface area contributed by atoms with E-state index in [2.05, 4.69) is 16.0 Å². The topological polar surface area (TPSA) is 151 Å². The van der Waals surface area contributed by atoms with Crippen molar-refractivity contribution in [3.8, 4) is 0 Å². The van der Waals surface area contributed by atoms with Crippen LogP contribution in [0.25, 0.3) is 0 Å². The number of likely N-dealkylation sites (tertiary alicyclic amines) is 1. The minimum Gasteiger partial charge on any atom is -0.326 e. The van der Waals surface area contributed by atoms with E-state index in [0.29, 0.717) is 31.6 Å². The summed E-state index contributed by atoms with van der Waals surface area (Å²) in [6, 6.07) is 10.3. The quantitative estimate of drug-likeness (QED) is 0.495. The van der Waals surface area contributed by atoms with Gasteiger partial charge in [-0.25, -0.2) is 22.7 Å². The molecule has 33 heavy (non-hydrogen) atoms. The number of amides is 4. The summed E-state index contributed by atoms with van der Waals surface area (Å²) in [5.74, 6) is -1.62. The Labute approximate surface area is 190 Å². The molecule has 10 nitrogen and oxygen atoms in total. The Hall–Kier alpha value is -3.35. The lowest BCUT2D eigenvalue weighted by atomic mass is 9.96. The van der Waals surface area contributed by atoms with Gasteiger partial charge in [0.05, 0.1) is 17.1 Å². The third kappa shape index (κ3) is 7.07. The average Bonchev–Trinajstić information content (AvgIpc) is 2.75. The Kier molecular flexibility index (Phi) is 7.74. The Morgan fingerprint density at radius 1 is 1.00 bits per heavy atom. The molecule has 3 rings (SSSR count). The molecule has 0 aromatic heterocycles. The van der Waals surface area contributed by atoms with Crippen LogP contribution in [0.4, 0.5) is 20.6 Å². The molecule has 2 aromatic rings. The molecule has 0 radical (unpaired) electrons.